The first-order chi connectivity index (χ1) is 47.4. The Hall–Kier alpha value is -8.76. The van der Waals surface area contributed by atoms with Crippen molar-refractivity contribution >= 4 is 86.1 Å². The molecule has 0 saturated carbocycles. The van der Waals surface area contributed by atoms with Crippen LogP contribution in [0.4, 0.5) is 52.7 Å². The van der Waals surface area contributed by atoms with E-state index in [2.05, 4.69) is 21.3 Å². The summed E-state index contributed by atoms with van der Waals surface area (Å²) in [5.41, 5.74) is -8.99. The van der Waals surface area contributed by atoms with Gasteiger partial charge in [-0.2, -0.15) is 52.7 Å². The van der Waals surface area contributed by atoms with Crippen LogP contribution in [0, 0.1) is 0 Å². The molecule has 0 aliphatic heterocycles. The van der Waals surface area contributed by atoms with Gasteiger partial charge in [-0.1, -0.05) is 116 Å². The number of nitrogens with one attached hydrogen (secondary N) is 4. The highest BCUT2D eigenvalue weighted by Gasteiger charge is 2.37. The van der Waals surface area contributed by atoms with Crippen molar-refractivity contribution in [1.82, 2.24) is 31.1 Å². The van der Waals surface area contributed by atoms with Gasteiger partial charge in [0.25, 0.3) is 23.6 Å². The summed E-state index contributed by atoms with van der Waals surface area (Å²) in [6.07, 6.45) is -15.3. The number of nitrogens with zero attached hydrogens (tertiary/aromatic N) is 2. The number of carbonyl (C=O) groups is 6. The summed E-state index contributed by atoms with van der Waals surface area (Å²) in [5, 5.41) is 88.6. The van der Waals surface area contributed by atoms with Crippen LogP contribution >= 0.6 is 0 Å². The maximum Gasteiger partial charge on any atom is 0.488 e. The van der Waals surface area contributed by atoms with Crippen LogP contribution in [-0.2, 0) is 60.5 Å². The highest BCUT2D eigenvalue weighted by atomic mass is 19.4. The van der Waals surface area contributed by atoms with Crippen molar-refractivity contribution in [2.24, 2.45) is 0 Å². The Balaban J connectivity index is 0.974. The highest BCUT2D eigenvalue weighted by Crippen LogP contribution is 2.33. The van der Waals surface area contributed by atoms with E-state index in [1.807, 2.05) is 0 Å². The number of halogens is 12. The first-order valence-electron chi connectivity index (χ1n) is 31.5. The van der Waals surface area contributed by atoms with E-state index in [0.29, 0.717) is 106 Å². The molecule has 0 saturated heterocycles. The van der Waals surface area contributed by atoms with Crippen molar-refractivity contribution in [3.63, 3.8) is 0 Å². The zero-order chi connectivity index (χ0) is 74.6. The molecule has 0 aromatic heterocycles. The third-order valence-electron chi connectivity index (χ3n) is 15.9. The van der Waals surface area contributed by atoms with Gasteiger partial charge in [-0.05, 0) is 113 Å². The number of aliphatic hydroxyl groups is 1. The van der Waals surface area contributed by atoms with Gasteiger partial charge in [-0.25, -0.2) is 0 Å². The van der Waals surface area contributed by atoms with Gasteiger partial charge in [-0.15, -0.1) is 0 Å². The van der Waals surface area contributed by atoms with E-state index in [4.69, 9.17) is 0 Å². The van der Waals surface area contributed by atoms with Crippen LogP contribution < -0.4 is 43.1 Å². The Kier molecular flexibility index (Phi) is 29.5. The Morgan fingerprint density at radius 3 is 1.10 bits per heavy atom. The fraction of sp³-hybridized carbons (Fsp3) is 0.354. The van der Waals surface area contributed by atoms with Crippen LogP contribution in [0.5, 0.6) is 0 Å². The summed E-state index contributed by atoms with van der Waals surface area (Å²) in [6.45, 7) is -3.07. The molecule has 0 radical (unpaired) electrons. The molecule has 101 heavy (non-hydrogen) atoms. The molecule has 0 aliphatic rings. The second-order valence-corrected chi connectivity index (χ2v) is 23.7. The van der Waals surface area contributed by atoms with Crippen molar-refractivity contribution in [2.75, 3.05) is 26.2 Å². The molecule has 6 aromatic rings. The molecule has 0 heterocycles. The molecule has 6 aromatic carbocycles. The van der Waals surface area contributed by atoms with Crippen molar-refractivity contribution in [3.05, 3.63) is 188 Å². The summed E-state index contributed by atoms with van der Waals surface area (Å²) in [6, 6.07) is 19.3. The molecule has 0 spiro atoms. The second kappa shape index (κ2) is 36.7. The minimum atomic E-state index is -5.07. The second-order valence-electron chi connectivity index (χ2n) is 23.7. The van der Waals surface area contributed by atoms with Gasteiger partial charge in [0, 0.05) is 61.5 Å². The van der Waals surface area contributed by atoms with Crippen molar-refractivity contribution < 1.29 is 122 Å². The standard InChI is InChI=1S/C65H70B4F12N6O14/c70-62(71,72)47-23-45(25-51(29-47)66-95)60(93)86(35-41-15-8-6-13-39(41)33-84-58(91)43-21-48(63(73,74)75)30-52(26-43)67(96)97)37-56(89)82-19-11-4-2-1-3-5-17-55(88)18-10-12-20-83-57(90)38-87(61(94)46-24-50(65(79,80)81)32-54(28-46)69(100)101)36-42-16-9-7-14-40(42)34-85-59(92)44-22-49(64(76,77)78)31-53(27-44)68(98)99/h6-9,13-16,21-32,55,66,88,95-101H,1-5,10-12,17-20,33-38H2,(H,82,89)(H,83,90)(H,84,91)(H,85,92)/t55-/m0/s1. The number of alkyl halides is 12. The maximum atomic E-state index is 14.1. The van der Waals surface area contributed by atoms with E-state index in [0.717, 1.165) is 40.5 Å². The molecule has 540 valence electrons. The number of rotatable bonds is 34. The number of amides is 6. The van der Waals surface area contributed by atoms with Gasteiger partial charge >= 0.3 is 53.5 Å². The molecule has 36 heteroatoms. The Labute approximate surface area is 572 Å². The Bertz CT molecular complexity index is 3850. The monoisotopic (exact) mass is 1430 g/mol. The van der Waals surface area contributed by atoms with Crippen LogP contribution in [0.15, 0.2) is 121 Å². The van der Waals surface area contributed by atoms with Crippen molar-refractivity contribution in [1.29, 1.82) is 0 Å². The number of carbonyl (C=O) groups excluding carboxylic acids is 6. The van der Waals surface area contributed by atoms with Gasteiger partial charge < -0.3 is 71.3 Å². The van der Waals surface area contributed by atoms with Gasteiger partial charge in [0.1, 0.15) is 13.1 Å². The molecule has 6 amide bonds. The predicted octanol–water partition coefficient (Wildman–Crippen LogP) is 4.11. The molecule has 0 unspecified atom stereocenters. The van der Waals surface area contributed by atoms with E-state index in [9.17, 15) is 122 Å². The molecule has 6 rings (SSSR count). The number of benzene rings is 6. The molecule has 0 fully saturated rings. The van der Waals surface area contributed by atoms with Crippen LogP contribution in [0.25, 0.3) is 0 Å². The summed E-state index contributed by atoms with van der Waals surface area (Å²) in [7, 11) is -8.05. The fourth-order valence-corrected chi connectivity index (χ4v) is 10.6. The molecular weight excluding hydrogens is 1360 g/mol. The lowest BCUT2D eigenvalue weighted by Gasteiger charge is -2.25. The fourth-order valence-electron chi connectivity index (χ4n) is 10.6. The molecule has 12 N–H and O–H groups in total. The highest BCUT2D eigenvalue weighted by molar-refractivity contribution is 6.59. The summed E-state index contributed by atoms with van der Waals surface area (Å²) in [4.78, 5) is 83.2. The average Bonchev–Trinajstić information content (AvgIpc) is 0.823. The largest absolute Gasteiger partial charge is 0.488 e. The van der Waals surface area contributed by atoms with Gasteiger partial charge in [0.2, 0.25) is 11.8 Å². The lowest BCUT2D eigenvalue weighted by molar-refractivity contribution is -0.138. The summed E-state index contributed by atoms with van der Waals surface area (Å²) < 4.78 is 166. The number of hydrogen-bond acceptors (Lipinski definition) is 14. The SMILES string of the molecule is O=C(CN(Cc1ccccc1CNC(=O)c1cc(B(O)O)cc(C(F)(F)F)c1)C(=O)c1cc(BO)cc(C(F)(F)F)c1)NCCCCCCCC[C@H](O)CCCCNC(=O)CN(Cc1ccccc1CNC(=O)c1cc(B(O)O)cc(C(F)(F)F)c1)C(=O)c1cc(B(O)O)cc(C(F)(F)F)c1. The molecule has 0 bridgehead atoms. The lowest BCUT2D eigenvalue weighted by Crippen LogP contribution is -2.41. The minimum absolute atomic E-state index is 0.0212. The first kappa shape index (κ1) is 81.2. The van der Waals surface area contributed by atoms with Gasteiger partial charge in [0.05, 0.1) is 28.4 Å². The minimum Gasteiger partial charge on any atom is -0.449 e. The summed E-state index contributed by atoms with van der Waals surface area (Å²) >= 11 is 0. The van der Waals surface area contributed by atoms with E-state index in [1.165, 1.54) is 48.5 Å². The van der Waals surface area contributed by atoms with E-state index >= 15 is 0 Å². The zero-order valence-corrected chi connectivity index (χ0v) is 53.7. The van der Waals surface area contributed by atoms with Gasteiger partial charge in [0.15, 0.2) is 0 Å². The lowest BCUT2D eigenvalue weighted by atomic mass is 9.78. The van der Waals surface area contributed by atoms with Crippen LogP contribution in [0.2, 0.25) is 0 Å². The molecule has 1 atom stereocenters. The number of unbranched alkanes of at least 4 members (excludes halogenated alkanes) is 6. The zero-order valence-electron chi connectivity index (χ0n) is 53.7. The molecule has 0 aliphatic carbocycles. The van der Waals surface area contributed by atoms with Gasteiger partial charge in [-0.3, -0.25) is 28.8 Å². The summed E-state index contributed by atoms with van der Waals surface area (Å²) in [5.74, 6) is -5.85. The van der Waals surface area contributed by atoms with E-state index < -0.39 is 189 Å². The predicted molar refractivity (Wildman–Crippen MR) is 347 cm³/mol. The van der Waals surface area contributed by atoms with Crippen LogP contribution in [-0.4, -0.2) is 147 Å². The van der Waals surface area contributed by atoms with Crippen LogP contribution in [0.3, 0.4) is 0 Å². The Morgan fingerprint density at radius 1 is 0.406 bits per heavy atom. The average molecular weight is 1430 g/mol. The van der Waals surface area contributed by atoms with E-state index in [-0.39, 0.29) is 47.4 Å². The third-order valence-corrected chi connectivity index (χ3v) is 15.9. The topological polar surface area (TPSA) is 319 Å². The molecular formula is C65H70B4F12N6O14. The number of hydrogen-bond donors (Lipinski definition) is 12. The number of aliphatic hydroxyl groups excluding tert-OH is 1. The van der Waals surface area contributed by atoms with E-state index in [1.54, 1.807) is 0 Å². The quantitative estimate of drug-likeness (QED) is 0.0154. The maximum absolute atomic E-state index is 14.1. The van der Waals surface area contributed by atoms with Crippen molar-refractivity contribution in [3.8, 4) is 0 Å². The first-order valence-corrected chi connectivity index (χ1v) is 31.5. The van der Waals surface area contributed by atoms with Crippen molar-refractivity contribution in [2.45, 2.75) is 121 Å². The smallest absolute Gasteiger partial charge is 0.449 e. The Morgan fingerprint density at radius 2 is 0.723 bits per heavy atom. The molecule has 20 nitrogen and oxygen atoms in total. The van der Waals surface area contributed by atoms with Crippen LogP contribution in [0.1, 0.15) is 150 Å². The third kappa shape index (κ3) is 25.4. The normalized spacial score (nSPS) is 12.1.